The van der Waals surface area contributed by atoms with E-state index in [4.69, 9.17) is 20.5 Å². The number of carbonyl (C=O) groups excluding carboxylic acids is 1. The first-order valence-electron chi connectivity index (χ1n) is 6.21. The molecule has 2 aromatic rings. The molecule has 2 rings (SSSR count). The Morgan fingerprint density at radius 3 is 2.76 bits per heavy atom. The topological polar surface area (TPSA) is 90.3 Å². The largest absolute Gasteiger partial charge is 0.495 e. The highest BCUT2D eigenvalue weighted by molar-refractivity contribution is 5.89. The third kappa shape index (κ3) is 3.15. The molecule has 0 spiro atoms. The Morgan fingerprint density at radius 2 is 2.19 bits per heavy atom. The van der Waals surface area contributed by atoms with Gasteiger partial charge in [-0.3, -0.25) is 0 Å². The van der Waals surface area contributed by atoms with Crippen LogP contribution >= 0.6 is 0 Å². The molecule has 1 aromatic heterocycles. The number of aromatic nitrogens is 1. The maximum absolute atomic E-state index is 11.9. The van der Waals surface area contributed by atoms with Crippen LogP contribution in [0.3, 0.4) is 0 Å². The number of carbonyl (C=O) groups is 1. The molecule has 6 heteroatoms. The second-order valence-electron chi connectivity index (χ2n) is 4.49. The van der Waals surface area contributed by atoms with Gasteiger partial charge in [0.15, 0.2) is 0 Å². The Morgan fingerprint density at radius 1 is 1.43 bits per heavy atom. The van der Waals surface area contributed by atoms with Crippen molar-refractivity contribution in [2.45, 2.75) is 6.61 Å². The fraction of sp³-hybridized carbons (Fsp3) is 0.200. The van der Waals surface area contributed by atoms with E-state index in [9.17, 15) is 4.79 Å². The quantitative estimate of drug-likeness (QED) is 0.866. The number of anilines is 1. The third-order valence-electron chi connectivity index (χ3n) is 2.99. The molecular weight excluding hydrogens is 270 g/mol. The van der Waals surface area contributed by atoms with Gasteiger partial charge < -0.3 is 19.8 Å². The zero-order chi connectivity index (χ0) is 15.4. The summed E-state index contributed by atoms with van der Waals surface area (Å²) in [6.07, 6.45) is 1.64. The number of benzene rings is 1. The molecule has 0 aliphatic carbocycles. The van der Waals surface area contributed by atoms with Crippen LogP contribution in [0.4, 0.5) is 5.69 Å². The van der Waals surface area contributed by atoms with Crippen molar-refractivity contribution in [3.8, 4) is 11.8 Å². The minimum absolute atomic E-state index is 0.0893. The van der Waals surface area contributed by atoms with E-state index in [1.54, 1.807) is 42.1 Å². The van der Waals surface area contributed by atoms with Gasteiger partial charge in [-0.15, -0.1) is 0 Å². The number of nitrogens with two attached hydrogens (primary N) is 1. The van der Waals surface area contributed by atoms with Gasteiger partial charge in [-0.25, -0.2) is 4.79 Å². The highest BCUT2D eigenvalue weighted by Crippen LogP contribution is 2.20. The molecule has 0 radical (unpaired) electrons. The number of hydrogen-bond donors (Lipinski definition) is 1. The Balaban J connectivity index is 2.08. The van der Waals surface area contributed by atoms with E-state index in [2.05, 4.69) is 0 Å². The number of aryl methyl sites for hydroxylation is 1. The number of nitriles is 1. The van der Waals surface area contributed by atoms with Gasteiger partial charge in [0.05, 0.1) is 18.4 Å². The van der Waals surface area contributed by atoms with Crippen LogP contribution < -0.4 is 10.5 Å². The average molecular weight is 285 g/mol. The van der Waals surface area contributed by atoms with E-state index in [0.29, 0.717) is 22.7 Å². The van der Waals surface area contributed by atoms with E-state index in [1.165, 1.54) is 7.11 Å². The van der Waals surface area contributed by atoms with Gasteiger partial charge in [-0.2, -0.15) is 5.26 Å². The van der Waals surface area contributed by atoms with Crippen molar-refractivity contribution in [1.82, 2.24) is 4.57 Å². The second kappa shape index (κ2) is 6.01. The lowest BCUT2D eigenvalue weighted by atomic mass is 10.1. The predicted octanol–water partition coefficient (Wildman–Crippen LogP) is 1.84. The molecule has 0 fully saturated rings. The molecule has 0 aliphatic rings. The van der Waals surface area contributed by atoms with Crippen LogP contribution in [-0.4, -0.2) is 17.6 Å². The summed E-state index contributed by atoms with van der Waals surface area (Å²) in [6, 6.07) is 8.60. The molecule has 1 aromatic carbocycles. The van der Waals surface area contributed by atoms with Crippen molar-refractivity contribution in [3.05, 3.63) is 47.3 Å². The molecule has 0 saturated carbocycles. The number of hydrogen-bond acceptors (Lipinski definition) is 5. The molecule has 0 saturated heterocycles. The Labute approximate surface area is 122 Å². The zero-order valence-corrected chi connectivity index (χ0v) is 11.8. The van der Waals surface area contributed by atoms with Crippen molar-refractivity contribution >= 4 is 11.7 Å². The van der Waals surface area contributed by atoms with Gasteiger partial charge in [-0.1, -0.05) is 6.07 Å². The van der Waals surface area contributed by atoms with Crippen molar-refractivity contribution < 1.29 is 14.3 Å². The number of nitrogens with zero attached hydrogens (tertiary/aromatic N) is 2. The summed E-state index contributed by atoms with van der Waals surface area (Å²) < 4.78 is 11.9. The van der Waals surface area contributed by atoms with Crippen LogP contribution in [0.25, 0.3) is 0 Å². The van der Waals surface area contributed by atoms with Crippen LogP contribution in [0.5, 0.6) is 5.75 Å². The smallest absolute Gasteiger partial charge is 0.355 e. The predicted molar refractivity (Wildman–Crippen MR) is 76.7 cm³/mol. The molecule has 0 unspecified atom stereocenters. The van der Waals surface area contributed by atoms with Crippen LogP contribution in [0.2, 0.25) is 0 Å². The Kier molecular flexibility index (Phi) is 4.14. The van der Waals surface area contributed by atoms with Crippen molar-refractivity contribution in [3.63, 3.8) is 0 Å². The lowest BCUT2D eigenvalue weighted by Gasteiger charge is -2.08. The van der Waals surface area contributed by atoms with E-state index >= 15 is 0 Å². The van der Waals surface area contributed by atoms with E-state index in [0.717, 1.165) is 5.56 Å². The summed E-state index contributed by atoms with van der Waals surface area (Å²) in [5.41, 5.74) is 7.68. The molecule has 2 N–H and O–H groups in total. The van der Waals surface area contributed by atoms with Crippen LogP contribution in [0.1, 0.15) is 21.6 Å². The van der Waals surface area contributed by atoms with Crippen molar-refractivity contribution in [2.75, 3.05) is 12.8 Å². The van der Waals surface area contributed by atoms with E-state index in [-0.39, 0.29) is 6.61 Å². The van der Waals surface area contributed by atoms with Gasteiger partial charge in [-0.05, 0) is 23.8 Å². The minimum Gasteiger partial charge on any atom is -0.495 e. The minimum atomic E-state index is -0.461. The van der Waals surface area contributed by atoms with Crippen LogP contribution in [0.15, 0.2) is 30.5 Å². The van der Waals surface area contributed by atoms with Gasteiger partial charge in [0.1, 0.15) is 24.1 Å². The fourth-order valence-electron chi connectivity index (χ4n) is 1.93. The van der Waals surface area contributed by atoms with Crippen molar-refractivity contribution in [2.24, 2.45) is 7.05 Å². The Bertz CT molecular complexity index is 713. The van der Waals surface area contributed by atoms with Crippen LogP contribution in [0, 0.1) is 11.3 Å². The first-order valence-corrected chi connectivity index (χ1v) is 6.21. The highest BCUT2D eigenvalue weighted by atomic mass is 16.5. The number of esters is 1. The van der Waals surface area contributed by atoms with E-state index in [1.807, 2.05) is 6.07 Å². The van der Waals surface area contributed by atoms with E-state index < -0.39 is 5.97 Å². The number of ether oxygens (including phenoxy) is 2. The molecule has 0 atom stereocenters. The number of methoxy groups -OCH3 is 1. The summed E-state index contributed by atoms with van der Waals surface area (Å²) in [5, 5.41) is 8.91. The van der Waals surface area contributed by atoms with Gasteiger partial charge >= 0.3 is 5.97 Å². The summed E-state index contributed by atoms with van der Waals surface area (Å²) in [6.45, 7) is 0.0893. The third-order valence-corrected chi connectivity index (χ3v) is 2.99. The molecule has 1 heterocycles. The first-order chi connectivity index (χ1) is 10.0. The first kappa shape index (κ1) is 14.5. The van der Waals surface area contributed by atoms with Crippen molar-refractivity contribution in [1.29, 1.82) is 5.26 Å². The van der Waals surface area contributed by atoms with Gasteiger partial charge in [0.25, 0.3) is 0 Å². The molecule has 0 bridgehead atoms. The summed E-state index contributed by atoms with van der Waals surface area (Å²) in [5.74, 6) is -0.00770. The lowest BCUT2D eigenvalue weighted by molar-refractivity contribution is 0.0461. The average Bonchev–Trinajstić information content (AvgIpc) is 2.83. The summed E-state index contributed by atoms with van der Waals surface area (Å²) in [4.78, 5) is 11.9. The SMILES string of the molecule is COc1cc(COC(=O)c2cc(N)cn2C)ccc1C#N. The molecule has 0 aliphatic heterocycles. The molecule has 0 amide bonds. The normalized spacial score (nSPS) is 9.95. The number of rotatable bonds is 4. The van der Waals surface area contributed by atoms with Gasteiger partial charge in [0.2, 0.25) is 0 Å². The molecule has 108 valence electrons. The highest BCUT2D eigenvalue weighted by Gasteiger charge is 2.13. The lowest BCUT2D eigenvalue weighted by Crippen LogP contribution is -2.09. The molecule has 6 nitrogen and oxygen atoms in total. The summed E-state index contributed by atoms with van der Waals surface area (Å²) >= 11 is 0. The van der Waals surface area contributed by atoms with Gasteiger partial charge in [0, 0.05) is 13.2 Å². The Hall–Kier alpha value is -2.94. The monoisotopic (exact) mass is 285 g/mol. The molecular formula is C15H15N3O3. The maximum atomic E-state index is 11.9. The summed E-state index contributed by atoms with van der Waals surface area (Å²) in [7, 11) is 3.20. The zero-order valence-electron chi connectivity index (χ0n) is 11.8. The second-order valence-corrected chi connectivity index (χ2v) is 4.49. The standard InChI is InChI=1S/C15H15N3O3/c1-18-8-12(17)6-13(18)15(19)21-9-10-3-4-11(7-16)14(5-10)20-2/h3-6,8H,9,17H2,1-2H3. The maximum Gasteiger partial charge on any atom is 0.355 e. The molecule has 21 heavy (non-hydrogen) atoms. The number of nitrogen functional groups attached to an aromatic ring is 1. The fourth-order valence-corrected chi connectivity index (χ4v) is 1.93. The van der Waals surface area contributed by atoms with Crippen LogP contribution in [-0.2, 0) is 18.4 Å².